The van der Waals surface area contributed by atoms with E-state index in [1.807, 2.05) is 0 Å². The summed E-state index contributed by atoms with van der Waals surface area (Å²) in [5.74, 6) is -0.225. The average molecular weight is 264 g/mol. The number of amides is 2. The quantitative estimate of drug-likeness (QED) is 0.736. The molecule has 0 saturated carbocycles. The molecule has 0 bridgehead atoms. The Kier molecular flexibility index (Phi) is 6.02. The molecule has 0 aliphatic heterocycles. The van der Waals surface area contributed by atoms with Crippen LogP contribution in [-0.2, 0) is 9.59 Å². The number of hydrogen-bond donors (Lipinski definition) is 3. The van der Waals surface area contributed by atoms with Crippen LogP contribution < -0.4 is 10.6 Å². The van der Waals surface area contributed by atoms with Gasteiger partial charge in [-0.15, -0.1) is 0 Å². The number of nitrogens with one attached hydrogen (secondary N) is 2. The van der Waals surface area contributed by atoms with Crippen molar-refractivity contribution in [3.05, 3.63) is 24.3 Å². The molecule has 0 heterocycles. The molecule has 0 aliphatic rings. The van der Waals surface area contributed by atoms with Gasteiger partial charge in [-0.3, -0.25) is 9.59 Å². The Balaban J connectivity index is 2.56. The van der Waals surface area contributed by atoms with Crippen LogP contribution in [0.3, 0.4) is 0 Å². The second-order valence-electron chi connectivity index (χ2n) is 4.42. The van der Waals surface area contributed by atoms with E-state index in [0.717, 1.165) is 0 Å². The van der Waals surface area contributed by atoms with Crippen molar-refractivity contribution in [2.75, 3.05) is 10.6 Å². The van der Waals surface area contributed by atoms with Crippen molar-refractivity contribution in [1.29, 1.82) is 0 Å². The van der Waals surface area contributed by atoms with Crippen molar-refractivity contribution < 1.29 is 14.7 Å². The summed E-state index contributed by atoms with van der Waals surface area (Å²) < 4.78 is 0. The van der Waals surface area contributed by atoms with E-state index in [4.69, 9.17) is 5.11 Å². The van der Waals surface area contributed by atoms with Crippen LogP contribution in [0.15, 0.2) is 24.3 Å². The summed E-state index contributed by atoms with van der Waals surface area (Å²) in [6, 6.07) is 6.98. The Labute approximate surface area is 113 Å². The lowest BCUT2D eigenvalue weighted by atomic mass is 10.2. The summed E-state index contributed by atoms with van der Waals surface area (Å²) in [6.07, 6.45) is 0.618. The van der Waals surface area contributed by atoms with E-state index < -0.39 is 6.10 Å². The SMILES string of the molecule is CCC(=O)Nc1cccc(NC(=O)CCC(C)O)c1. The first-order valence-corrected chi connectivity index (χ1v) is 6.39. The van der Waals surface area contributed by atoms with E-state index in [2.05, 4.69) is 10.6 Å². The van der Waals surface area contributed by atoms with Crippen molar-refractivity contribution >= 4 is 23.2 Å². The Hall–Kier alpha value is -1.88. The fourth-order valence-electron chi connectivity index (χ4n) is 1.49. The minimum Gasteiger partial charge on any atom is -0.393 e. The van der Waals surface area contributed by atoms with Gasteiger partial charge in [-0.2, -0.15) is 0 Å². The summed E-state index contributed by atoms with van der Waals surface area (Å²) in [6.45, 7) is 3.42. The predicted molar refractivity (Wildman–Crippen MR) is 74.9 cm³/mol. The van der Waals surface area contributed by atoms with Gasteiger partial charge in [0, 0.05) is 24.2 Å². The average Bonchev–Trinajstić information content (AvgIpc) is 2.36. The van der Waals surface area contributed by atoms with E-state index in [1.54, 1.807) is 38.1 Å². The molecule has 104 valence electrons. The van der Waals surface area contributed by atoms with E-state index in [0.29, 0.717) is 24.2 Å². The number of benzene rings is 1. The molecule has 0 saturated heterocycles. The molecule has 2 amide bonds. The third kappa shape index (κ3) is 6.01. The third-order valence-electron chi connectivity index (χ3n) is 2.54. The summed E-state index contributed by atoms with van der Waals surface area (Å²) >= 11 is 0. The van der Waals surface area contributed by atoms with Gasteiger partial charge in [-0.25, -0.2) is 0 Å². The van der Waals surface area contributed by atoms with Crippen LogP contribution in [0.2, 0.25) is 0 Å². The number of anilines is 2. The van der Waals surface area contributed by atoms with Crippen LogP contribution in [0.25, 0.3) is 0 Å². The standard InChI is InChI=1S/C14H20N2O3/c1-3-13(18)15-11-5-4-6-12(9-11)16-14(19)8-7-10(2)17/h4-6,9-10,17H,3,7-8H2,1-2H3,(H,15,18)(H,16,19). The van der Waals surface area contributed by atoms with Crippen LogP contribution in [-0.4, -0.2) is 23.0 Å². The summed E-state index contributed by atoms with van der Waals surface area (Å²) in [5, 5.41) is 14.6. The number of carbonyl (C=O) groups excluding carboxylic acids is 2. The van der Waals surface area contributed by atoms with Gasteiger partial charge in [0.2, 0.25) is 11.8 Å². The number of aliphatic hydroxyl groups is 1. The number of aliphatic hydroxyl groups excluding tert-OH is 1. The van der Waals surface area contributed by atoms with Crippen molar-refractivity contribution in [2.24, 2.45) is 0 Å². The second kappa shape index (κ2) is 7.53. The zero-order valence-electron chi connectivity index (χ0n) is 11.3. The molecule has 1 unspecified atom stereocenters. The maximum atomic E-state index is 11.6. The Morgan fingerprint density at radius 1 is 1.21 bits per heavy atom. The molecule has 0 fully saturated rings. The van der Waals surface area contributed by atoms with Crippen molar-refractivity contribution in [1.82, 2.24) is 0 Å². The van der Waals surface area contributed by atoms with Crippen LogP contribution >= 0.6 is 0 Å². The first-order valence-electron chi connectivity index (χ1n) is 6.39. The zero-order valence-corrected chi connectivity index (χ0v) is 11.3. The maximum absolute atomic E-state index is 11.6. The fourth-order valence-corrected chi connectivity index (χ4v) is 1.49. The van der Waals surface area contributed by atoms with E-state index in [9.17, 15) is 9.59 Å². The Morgan fingerprint density at radius 2 is 1.79 bits per heavy atom. The van der Waals surface area contributed by atoms with Gasteiger partial charge < -0.3 is 15.7 Å². The van der Waals surface area contributed by atoms with Crippen molar-refractivity contribution in [2.45, 2.75) is 39.2 Å². The van der Waals surface area contributed by atoms with Crippen LogP contribution in [0.1, 0.15) is 33.1 Å². The van der Waals surface area contributed by atoms with Gasteiger partial charge in [0.25, 0.3) is 0 Å². The van der Waals surface area contributed by atoms with E-state index in [1.165, 1.54) is 0 Å². The summed E-state index contributed by atoms with van der Waals surface area (Å²) in [5.41, 5.74) is 1.28. The molecule has 0 aromatic heterocycles. The maximum Gasteiger partial charge on any atom is 0.224 e. The molecule has 3 N–H and O–H groups in total. The number of hydrogen-bond acceptors (Lipinski definition) is 3. The molecule has 1 rings (SSSR count). The van der Waals surface area contributed by atoms with Gasteiger partial charge in [0.15, 0.2) is 0 Å². The molecule has 1 atom stereocenters. The van der Waals surface area contributed by atoms with E-state index in [-0.39, 0.29) is 18.2 Å². The molecular weight excluding hydrogens is 244 g/mol. The largest absolute Gasteiger partial charge is 0.393 e. The topological polar surface area (TPSA) is 78.4 Å². The van der Waals surface area contributed by atoms with Gasteiger partial charge >= 0.3 is 0 Å². The molecular formula is C14H20N2O3. The van der Waals surface area contributed by atoms with Gasteiger partial charge in [-0.1, -0.05) is 13.0 Å². The highest BCUT2D eigenvalue weighted by molar-refractivity contribution is 5.93. The monoisotopic (exact) mass is 264 g/mol. The Bertz CT molecular complexity index is 444. The minimum absolute atomic E-state index is 0.0717. The molecule has 0 radical (unpaired) electrons. The summed E-state index contributed by atoms with van der Waals surface area (Å²) in [4.78, 5) is 22.9. The molecule has 0 spiro atoms. The van der Waals surface area contributed by atoms with Gasteiger partial charge in [0.1, 0.15) is 0 Å². The highest BCUT2D eigenvalue weighted by Crippen LogP contribution is 2.15. The smallest absolute Gasteiger partial charge is 0.224 e. The molecule has 0 aliphatic carbocycles. The number of rotatable bonds is 6. The molecule has 1 aromatic rings. The first kappa shape index (κ1) is 15.2. The number of carbonyl (C=O) groups is 2. The van der Waals surface area contributed by atoms with E-state index >= 15 is 0 Å². The zero-order chi connectivity index (χ0) is 14.3. The molecule has 19 heavy (non-hydrogen) atoms. The van der Waals surface area contributed by atoms with Crippen LogP contribution in [0.4, 0.5) is 11.4 Å². The predicted octanol–water partition coefficient (Wildman–Crippen LogP) is 2.13. The summed E-state index contributed by atoms with van der Waals surface area (Å²) in [7, 11) is 0. The Morgan fingerprint density at radius 3 is 2.32 bits per heavy atom. The lowest BCUT2D eigenvalue weighted by Crippen LogP contribution is -2.14. The van der Waals surface area contributed by atoms with Crippen molar-refractivity contribution in [3.63, 3.8) is 0 Å². The highest BCUT2D eigenvalue weighted by atomic mass is 16.3. The lowest BCUT2D eigenvalue weighted by molar-refractivity contribution is -0.117. The van der Waals surface area contributed by atoms with Crippen LogP contribution in [0, 0.1) is 0 Å². The fraction of sp³-hybridized carbons (Fsp3) is 0.429. The second-order valence-corrected chi connectivity index (χ2v) is 4.42. The minimum atomic E-state index is -0.485. The first-order chi connectivity index (χ1) is 9.01. The van der Waals surface area contributed by atoms with Crippen molar-refractivity contribution in [3.8, 4) is 0 Å². The normalized spacial score (nSPS) is 11.7. The molecule has 1 aromatic carbocycles. The third-order valence-corrected chi connectivity index (χ3v) is 2.54. The van der Waals surface area contributed by atoms with Gasteiger partial charge in [0.05, 0.1) is 6.10 Å². The van der Waals surface area contributed by atoms with Crippen LogP contribution in [0.5, 0.6) is 0 Å². The highest BCUT2D eigenvalue weighted by Gasteiger charge is 2.06. The lowest BCUT2D eigenvalue weighted by Gasteiger charge is -2.09. The van der Waals surface area contributed by atoms with Gasteiger partial charge in [-0.05, 0) is 31.5 Å². The molecule has 5 nitrogen and oxygen atoms in total. The molecule has 5 heteroatoms.